The van der Waals surface area contributed by atoms with Crippen LogP contribution in [0.3, 0.4) is 0 Å². The fourth-order valence-electron chi connectivity index (χ4n) is 17.1. The summed E-state index contributed by atoms with van der Waals surface area (Å²) in [6.07, 6.45) is 37.4. The second-order valence-corrected chi connectivity index (χ2v) is 28.2. The Bertz CT molecular complexity index is 3220. The minimum atomic E-state index is -0.157. The van der Waals surface area contributed by atoms with Crippen LogP contribution < -0.4 is 18.9 Å². The van der Waals surface area contributed by atoms with Crippen molar-refractivity contribution in [2.24, 2.45) is 0 Å². The van der Waals surface area contributed by atoms with Gasteiger partial charge in [0.2, 0.25) is 0 Å². The van der Waals surface area contributed by atoms with E-state index in [4.69, 9.17) is 37.9 Å². The van der Waals surface area contributed by atoms with E-state index >= 15 is 0 Å². The average molecular weight is 1290 g/mol. The van der Waals surface area contributed by atoms with Crippen molar-refractivity contribution < 1.29 is 37.9 Å². The zero-order valence-electron chi connectivity index (χ0n) is 59.9. The molecule has 0 fully saturated rings. The van der Waals surface area contributed by atoms with Gasteiger partial charge in [-0.25, -0.2) is 0 Å². The van der Waals surface area contributed by atoms with Crippen LogP contribution in [0.1, 0.15) is 268 Å². The Morgan fingerprint density at radius 3 is 0.905 bits per heavy atom. The molecule has 4 aliphatic rings. The fourth-order valence-corrected chi connectivity index (χ4v) is 17.1. The maximum Gasteiger partial charge on any atom is 0.161 e. The van der Waals surface area contributed by atoms with Crippen LogP contribution in [0, 0.1) is 0 Å². The number of hydrogen-bond acceptors (Lipinski definition) is 8. The predicted octanol–water partition coefficient (Wildman–Crippen LogP) is 23.3. The molecule has 0 N–H and O–H groups in total. The summed E-state index contributed by atoms with van der Waals surface area (Å²) in [5.74, 6) is 2.77. The molecule has 3 aliphatic carbocycles. The summed E-state index contributed by atoms with van der Waals surface area (Å²) in [4.78, 5) is 0. The third kappa shape index (κ3) is 16.9. The van der Waals surface area contributed by atoms with Gasteiger partial charge in [0.25, 0.3) is 0 Å². The third-order valence-corrected chi connectivity index (χ3v) is 21.7. The van der Waals surface area contributed by atoms with E-state index in [2.05, 4.69) is 126 Å². The second kappa shape index (κ2) is 37.4. The Balaban J connectivity index is 1.15. The molecule has 8 heteroatoms. The molecule has 0 aromatic heterocycles. The Morgan fingerprint density at radius 2 is 0.537 bits per heavy atom. The summed E-state index contributed by atoms with van der Waals surface area (Å²) in [6.45, 7) is 19.4. The first-order chi connectivity index (χ1) is 46.9. The summed E-state index contributed by atoms with van der Waals surface area (Å²) < 4.78 is 49.5. The molecule has 6 aromatic rings. The fraction of sp³-hybridized carbons (Fsp3) is 0.586. The first-order valence-electron chi connectivity index (χ1n) is 38.6. The number of fused-ring (bicyclic) bond motifs is 14. The van der Waals surface area contributed by atoms with Gasteiger partial charge in [0, 0.05) is 16.2 Å². The van der Waals surface area contributed by atoms with Gasteiger partial charge in [-0.2, -0.15) is 0 Å². The lowest BCUT2D eigenvalue weighted by atomic mass is 9.63. The average Bonchev–Trinajstić information content (AvgIpc) is 1.48. The largest absolute Gasteiger partial charge is 0.487 e. The van der Waals surface area contributed by atoms with Crippen LogP contribution in [-0.4, -0.2) is 79.3 Å². The highest BCUT2D eigenvalue weighted by Crippen LogP contribution is 2.71. The van der Waals surface area contributed by atoms with Gasteiger partial charge in [-0.1, -0.05) is 275 Å². The van der Waals surface area contributed by atoms with Crippen LogP contribution in [0.25, 0.3) is 44.5 Å². The molecule has 0 radical (unpaired) electrons. The van der Waals surface area contributed by atoms with Gasteiger partial charge in [0.05, 0.1) is 52.9 Å². The van der Waals surface area contributed by atoms with Gasteiger partial charge in [0.15, 0.2) is 23.0 Å². The molecule has 516 valence electrons. The number of ether oxygens (including phenoxy) is 8. The molecule has 0 bridgehead atoms. The zero-order valence-corrected chi connectivity index (χ0v) is 59.9. The summed E-state index contributed by atoms with van der Waals surface area (Å²) in [5.41, 5.74) is 21.5. The quantitative estimate of drug-likeness (QED) is 0.0399. The minimum absolute atomic E-state index is 0.0833. The van der Waals surface area contributed by atoms with Gasteiger partial charge >= 0.3 is 0 Å². The molecule has 1 aliphatic heterocycles. The van der Waals surface area contributed by atoms with Crippen LogP contribution in [0.15, 0.2) is 109 Å². The van der Waals surface area contributed by atoms with E-state index < -0.39 is 0 Å². The van der Waals surface area contributed by atoms with Crippen molar-refractivity contribution in [2.75, 3.05) is 79.3 Å². The molecule has 0 amide bonds. The van der Waals surface area contributed by atoms with E-state index in [9.17, 15) is 0 Å². The molecule has 8 nitrogen and oxygen atoms in total. The number of unbranched alkanes of at least 4 members (excludes halogenated alkanes) is 18. The maximum atomic E-state index is 6.77. The summed E-state index contributed by atoms with van der Waals surface area (Å²) >= 11 is 0. The smallest absolute Gasteiger partial charge is 0.161 e. The number of para-hydroxylation sites is 2. The highest BCUT2D eigenvalue weighted by atomic mass is 16.6. The number of rotatable bonds is 31. The first kappa shape index (κ1) is 72.1. The Morgan fingerprint density at radius 1 is 0.253 bits per heavy atom. The monoisotopic (exact) mass is 1290 g/mol. The normalized spacial score (nSPS) is 16.7. The van der Waals surface area contributed by atoms with Gasteiger partial charge in [-0.15, -0.1) is 0 Å². The molecule has 0 saturated carbocycles. The van der Waals surface area contributed by atoms with Crippen LogP contribution in [0.4, 0.5) is 0 Å². The molecule has 1 heterocycles. The Labute approximate surface area is 574 Å². The van der Waals surface area contributed by atoms with Crippen molar-refractivity contribution >= 4 is 0 Å². The van der Waals surface area contributed by atoms with Crippen LogP contribution in [0.2, 0.25) is 0 Å². The van der Waals surface area contributed by atoms with Gasteiger partial charge < -0.3 is 37.9 Å². The van der Waals surface area contributed by atoms with Crippen molar-refractivity contribution in [1.82, 2.24) is 0 Å². The summed E-state index contributed by atoms with van der Waals surface area (Å²) in [5, 5.41) is 0. The molecular formula is C87H120O8. The van der Waals surface area contributed by atoms with Crippen LogP contribution in [-0.2, 0) is 35.2 Å². The van der Waals surface area contributed by atoms with E-state index in [0.29, 0.717) is 102 Å². The highest BCUT2D eigenvalue weighted by molar-refractivity contribution is 6.05. The molecule has 0 atom stereocenters. The lowest BCUT2D eigenvalue weighted by molar-refractivity contribution is 0.0223. The first-order valence-corrected chi connectivity index (χ1v) is 38.6. The topological polar surface area (TPSA) is 73.8 Å². The summed E-state index contributed by atoms with van der Waals surface area (Å²) in [6, 6.07) is 42.3. The zero-order chi connectivity index (χ0) is 66.0. The number of benzene rings is 6. The van der Waals surface area contributed by atoms with Gasteiger partial charge in [-0.3, -0.25) is 0 Å². The van der Waals surface area contributed by atoms with Crippen molar-refractivity contribution in [2.45, 2.75) is 250 Å². The highest BCUT2D eigenvalue weighted by Gasteiger charge is 2.57. The minimum Gasteiger partial charge on any atom is -0.487 e. The molecule has 0 unspecified atom stereocenters. The number of hydrogen-bond donors (Lipinski definition) is 0. The SMILES string of the molecule is CCCCCCC1(CCCCCC)c2ccccc2-c2c1c1c(c3c2C(CCCCCC)(CCCCCC)c2ccc(-c4ccc5c(c4)OCCOCCOCCOc4ccccc4OCCOCCOCCO5)cc2-3)C(CCCCCC)(CCCCCC)c2ccccc2-1. The van der Waals surface area contributed by atoms with E-state index in [0.717, 1.165) is 5.56 Å². The van der Waals surface area contributed by atoms with Crippen LogP contribution in [0.5, 0.6) is 23.0 Å². The molecule has 95 heavy (non-hydrogen) atoms. The molecule has 0 spiro atoms. The predicted molar refractivity (Wildman–Crippen MR) is 395 cm³/mol. The molecule has 0 saturated heterocycles. The lowest BCUT2D eigenvalue weighted by Crippen LogP contribution is -2.31. The van der Waals surface area contributed by atoms with E-state index in [-0.39, 0.29) is 16.2 Å². The Hall–Kier alpha value is -5.64. The lowest BCUT2D eigenvalue weighted by Gasteiger charge is -2.39. The van der Waals surface area contributed by atoms with Gasteiger partial charge in [-0.05, 0) is 147 Å². The molecule has 10 rings (SSSR count). The van der Waals surface area contributed by atoms with Crippen molar-refractivity contribution in [3.05, 3.63) is 143 Å². The standard InChI is InChI=1S/C87H120O8/c1-7-13-19-31-47-85(48-32-20-14-8-2)72-39-27-25-37-69(72)80-82(85)79-70-38-26-28-40-73(70)86(49-33-21-15-9-3,50-34-22-16-10-4)83(79)81-71-65-67(43-45-74(71)87(84(80)81,51-35-23-17-11-5)52-36-24-18-12-6)68-44-46-77-78(66-68)95-64-60-91-56-55-89-58-62-93-76-42-30-29-41-75(76)92-61-57-88-53-54-90-59-63-94-77/h25-30,37-46,65-66H,7-24,31-36,47-64H2,1-6H3. The van der Waals surface area contributed by atoms with Crippen LogP contribution >= 0.6 is 0 Å². The van der Waals surface area contributed by atoms with E-state index in [1.54, 1.807) is 61.2 Å². The third-order valence-electron chi connectivity index (χ3n) is 21.7. The van der Waals surface area contributed by atoms with E-state index in [1.165, 1.54) is 204 Å². The van der Waals surface area contributed by atoms with Crippen molar-refractivity contribution in [3.63, 3.8) is 0 Å². The van der Waals surface area contributed by atoms with E-state index in [1.807, 2.05) is 24.3 Å². The van der Waals surface area contributed by atoms with Crippen molar-refractivity contribution in [3.8, 4) is 67.5 Å². The second-order valence-electron chi connectivity index (χ2n) is 28.2. The van der Waals surface area contributed by atoms with Crippen molar-refractivity contribution in [1.29, 1.82) is 0 Å². The maximum absolute atomic E-state index is 6.77. The molecule has 6 aromatic carbocycles. The van der Waals surface area contributed by atoms with Gasteiger partial charge in [0.1, 0.15) is 26.4 Å². The molecular weight excluding hydrogens is 1170 g/mol. The summed E-state index contributed by atoms with van der Waals surface area (Å²) in [7, 11) is 0. The Kier molecular flexibility index (Phi) is 28.4.